The number of aromatic amines is 1. The second kappa shape index (κ2) is 11.5. The van der Waals surface area contributed by atoms with Gasteiger partial charge in [0.2, 0.25) is 5.82 Å². The summed E-state index contributed by atoms with van der Waals surface area (Å²) in [5.74, 6) is -0.315. The van der Waals surface area contributed by atoms with Crippen LogP contribution < -0.4 is 5.32 Å². The zero-order chi connectivity index (χ0) is 26.5. The molecule has 3 aromatic rings. The number of aromatic nitrogens is 3. The standard InChI is InChI=1S/C24H25ClFN5O3.C2H6/c1-24(2,14-8-5-4-6-9-14)22-28-20(29-30-22)21(32)31(3)13-7-10-17-18-16(27-23(33)34-17)12-11-15(25)19(18)26;1-2/h4-6,8-9,11-12,17H,7,10,13H2,1-3H3,(H,27,33)(H,28,29,30);1-2H3. The minimum absolute atomic E-state index is 0.0466. The summed E-state index contributed by atoms with van der Waals surface area (Å²) < 4.78 is 19.8. The maximum atomic E-state index is 14.6. The highest BCUT2D eigenvalue weighted by molar-refractivity contribution is 6.31. The van der Waals surface area contributed by atoms with Crippen LogP contribution in [-0.4, -0.2) is 45.7 Å². The zero-order valence-corrected chi connectivity index (χ0v) is 21.8. The van der Waals surface area contributed by atoms with Crippen molar-refractivity contribution in [1.29, 1.82) is 0 Å². The van der Waals surface area contributed by atoms with E-state index in [1.54, 1.807) is 13.1 Å². The van der Waals surface area contributed by atoms with Gasteiger partial charge in [0, 0.05) is 19.0 Å². The average molecular weight is 516 g/mol. The largest absolute Gasteiger partial charge is 0.441 e. The van der Waals surface area contributed by atoms with Crippen molar-refractivity contribution in [1.82, 2.24) is 20.1 Å². The van der Waals surface area contributed by atoms with Crippen LogP contribution in [0.25, 0.3) is 0 Å². The fourth-order valence-corrected chi connectivity index (χ4v) is 4.10. The number of carbonyl (C=O) groups excluding carboxylic acids is 2. The van der Waals surface area contributed by atoms with Gasteiger partial charge in [0.1, 0.15) is 11.9 Å². The molecule has 192 valence electrons. The van der Waals surface area contributed by atoms with E-state index >= 15 is 0 Å². The number of carbonyl (C=O) groups is 2. The Morgan fingerprint density at radius 1 is 1.19 bits per heavy atom. The lowest BCUT2D eigenvalue weighted by atomic mass is 9.84. The summed E-state index contributed by atoms with van der Waals surface area (Å²) in [6.45, 7) is 8.35. The van der Waals surface area contributed by atoms with Crippen molar-refractivity contribution in [2.75, 3.05) is 18.9 Å². The van der Waals surface area contributed by atoms with Crippen LogP contribution in [0.3, 0.4) is 0 Å². The normalized spacial score (nSPS) is 14.6. The number of hydrogen-bond donors (Lipinski definition) is 2. The summed E-state index contributed by atoms with van der Waals surface area (Å²) in [4.78, 5) is 30.6. The number of rotatable bonds is 7. The quantitative estimate of drug-likeness (QED) is 0.395. The number of fused-ring (bicyclic) bond motifs is 1. The highest BCUT2D eigenvalue weighted by Crippen LogP contribution is 2.38. The Labute approximate surface area is 215 Å². The Hall–Kier alpha value is -3.46. The molecule has 10 heteroatoms. The summed E-state index contributed by atoms with van der Waals surface area (Å²) in [5.41, 5.74) is 1.13. The molecule has 0 fully saturated rings. The molecule has 0 radical (unpaired) electrons. The third kappa shape index (κ3) is 5.67. The first-order valence-corrected chi connectivity index (χ1v) is 12.3. The summed E-state index contributed by atoms with van der Waals surface area (Å²) in [5, 5.41) is 9.44. The summed E-state index contributed by atoms with van der Waals surface area (Å²) in [6.07, 6.45) is -0.681. The Morgan fingerprint density at radius 3 is 2.58 bits per heavy atom. The molecule has 0 bridgehead atoms. The van der Waals surface area contributed by atoms with Crippen molar-refractivity contribution in [3.8, 4) is 0 Å². The van der Waals surface area contributed by atoms with Crippen molar-refractivity contribution in [3.63, 3.8) is 0 Å². The van der Waals surface area contributed by atoms with Gasteiger partial charge >= 0.3 is 6.09 Å². The third-order valence-electron chi connectivity index (χ3n) is 6.01. The molecule has 1 aromatic heterocycles. The monoisotopic (exact) mass is 515 g/mol. The topological polar surface area (TPSA) is 100 Å². The first kappa shape index (κ1) is 27.1. The van der Waals surface area contributed by atoms with Gasteiger partial charge < -0.3 is 9.64 Å². The number of hydrogen-bond acceptors (Lipinski definition) is 5. The Balaban J connectivity index is 0.00000176. The van der Waals surface area contributed by atoms with E-state index in [9.17, 15) is 14.0 Å². The van der Waals surface area contributed by atoms with Gasteiger partial charge in [-0.15, -0.1) is 5.10 Å². The van der Waals surface area contributed by atoms with Crippen LogP contribution in [0.15, 0.2) is 42.5 Å². The van der Waals surface area contributed by atoms with Crippen LogP contribution in [-0.2, 0) is 10.2 Å². The van der Waals surface area contributed by atoms with Crippen LogP contribution in [0.4, 0.5) is 14.9 Å². The van der Waals surface area contributed by atoms with Gasteiger partial charge in [-0.3, -0.25) is 15.2 Å². The number of H-pyrrole nitrogens is 1. The molecular formula is C26H31ClFN5O3. The van der Waals surface area contributed by atoms with Crippen LogP contribution in [0.2, 0.25) is 5.02 Å². The number of anilines is 1. The first-order chi connectivity index (χ1) is 17.2. The lowest BCUT2D eigenvalue weighted by Crippen LogP contribution is -2.30. The minimum Gasteiger partial charge on any atom is -0.441 e. The lowest BCUT2D eigenvalue weighted by molar-refractivity contribution is 0.0749. The highest BCUT2D eigenvalue weighted by atomic mass is 35.5. The molecule has 4 rings (SSSR count). The van der Waals surface area contributed by atoms with E-state index in [2.05, 4.69) is 20.5 Å². The van der Waals surface area contributed by atoms with Crippen molar-refractivity contribution in [3.05, 3.63) is 76.1 Å². The number of halogens is 2. The van der Waals surface area contributed by atoms with E-state index in [4.69, 9.17) is 16.3 Å². The van der Waals surface area contributed by atoms with E-state index in [1.165, 1.54) is 11.0 Å². The van der Waals surface area contributed by atoms with Gasteiger partial charge in [-0.1, -0.05) is 55.8 Å². The fourth-order valence-electron chi connectivity index (χ4n) is 3.94. The second-order valence-electron chi connectivity index (χ2n) is 8.71. The lowest BCUT2D eigenvalue weighted by Gasteiger charge is -2.27. The smallest absolute Gasteiger partial charge is 0.412 e. The summed E-state index contributed by atoms with van der Waals surface area (Å²) in [6, 6.07) is 12.8. The Kier molecular flexibility index (Phi) is 8.68. The number of ether oxygens (including phenoxy) is 1. The number of benzene rings is 2. The number of nitrogens with zero attached hydrogens (tertiary/aromatic N) is 3. The first-order valence-electron chi connectivity index (χ1n) is 11.9. The molecule has 36 heavy (non-hydrogen) atoms. The average Bonchev–Trinajstić information content (AvgIpc) is 3.38. The molecule has 2 heterocycles. The predicted molar refractivity (Wildman–Crippen MR) is 137 cm³/mol. The van der Waals surface area contributed by atoms with E-state index < -0.39 is 23.4 Å². The summed E-state index contributed by atoms with van der Waals surface area (Å²) >= 11 is 5.90. The van der Waals surface area contributed by atoms with Crippen LogP contribution in [0.1, 0.15) is 74.2 Å². The van der Waals surface area contributed by atoms with Crippen molar-refractivity contribution in [2.24, 2.45) is 0 Å². The number of cyclic esters (lactones) is 1. The SMILES string of the molecule is CC.CN(CCCC1OC(=O)Nc2ccc(Cl)c(F)c21)C(=O)c1n[nH]c(C(C)(C)c2ccccc2)n1. The molecule has 2 amide bonds. The van der Waals surface area contributed by atoms with Gasteiger partial charge in [-0.25, -0.2) is 14.2 Å². The molecule has 1 unspecified atom stereocenters. The van der Waals surface area contributed by atoms with Crippen molar-refractivity contribution < 1.29 is 18.7 Å². The van der Waals surface area contributed by atoms with Crippen LogP contribution >= 0.6 is 11.6 Å². The van der Waals surface area contributed by atoms with E-state index in [-0.39, 0.29) is 22.3 Å². The van der Waals surface area contributed by atoms with Crippen LogP contribution in [0, 0.1) is 5.82 Å². The van der Waals surface area contributed by atoms with Crippen molar-refractivity contribution in [2.45, 2.75) is 52.1 Å². The molecule has 1 aliphatic rings. The maximum absolute atomic E-state index is 14.6. The van der Waals surface area contributed by atoms with Gasteiger partial charge in [0.25, 0.3) is 5.91 Å². The Bertz CT molecular complexity index is 1220. The van der Waals surface area contributed by atoms with E-state index in [1.807, 2.05) is 58.0 Å². The molecule has 8 nitrogen and oxygen atoms in total. The molecule has 0 spiro atoms. The molecule has 0 aliphatic carbocycles. The maximum Gasteiger partial charge on any atom is 0.412 e. The zero-order valence-electron chi connectivity index (χ0n) is 21.1. The van der Waals surface area contributed by atoms with E-state index in [0.717, 1.165) is 5.56 Å². The van der Waals surface area contributed by atoms with Gasteiger partial charge in [-0.2, -0.15) is 0 Å². The van der Waals surface area contributed by atoms with Crippen LogP contribution in [0.5, 0.6) is 0 Å². The predicted octanol–water partition coefficient (Wildman–Crippen LogP) is 6.10. The van der Waals surface area contributed by atoms with Crippen molar-refractivity contribution >= 4 is 29.3 Å². The second-order valence-corrected chi connectivity index (χ2v) is 9.12. The van der Waals surface area contributed by atoms with Gasteiger partial charge in [-0.05, 0) is 44.4 Å². The third-order valence-corrected chi connectivity index (χ3v) is 6.30. The number of nitrogens with one attached hydrogen (secondary N) is 2. The molecule has 0 saturated heterocycles. The fraction of sp³-hybridized carbons (Fsp3) is 0.385. The molecule has 1 aliphatic heterocycles. The highest BCUT2D eigenvalue weighted by Gasteiger charge is 2.31. The molecule has 2 N–H and O–H groups in total. The molecule has 0 saturated carbocycles. The molecule has 2 aromatic carbocycles. The molecular weight excluding hydrogens is 485 g/mol. The molecule has 1 atom stereocenters. The number of amides is 2. The Morgan fingerprint density at radius 2 is 1.89 bits per heavy atom. The minimum atomic E-state index is -0.798. The van der Waals surface area contributed by atoms with Gasteiger partial charge in [0.15, 0.2) is 5.82 Å². The van der Waals surface area contributed by atoms with E-state index in [0.29, 0.717) is 30.9 Å². The summed E-state index contributed by atoms with van der Waals surface area (Å²) in [7, 11) is 1.64. The van der Waals surface area contributed by atoms with Gasteiger partial charge in [0.05, 0.1) is 16.3 Å².